The molecule has 0 N–H and O–H groups in total. The van der Waals surface area contributed by atoms with Crippen LogP contribution in [0.2, 0.25) is 0 Å². The summed E-state index contributed by atoms with van der Waals surface area (Å²) in [6, 6.07) is 5.94. The maximum Gasteiger partial charge on any atom is 0.122 e. The lowest BCUT2D eigenvalue weighted by Gasteiger charge is -2.24. The van der Waals surface area contributed by atoms with Crippen LogP contribution in [0.15, 0.2) is 18.2 Å². The van der Waals surface area contributed by atoms with E-state index in [1.54, 1.807) is 14.2 Å². The molecule has 0 unspecified atom stereocenters. The normalized spacial score (nSPS) is 11.3. The first-order valence-electron chi connectivity index (χ1n) is 5.47. The zero-order valence-electron chi connectivity index (χ0n) is 10.9. The molecule has 3 nitrogen and oxygen atoms in total. The number of rotatable bonds is 5. The second-order valence-corrected chi connectivity index (χ2v) is 4.94. The summed E-state index contributed by atoms with van der Waals surface area (Å²) in [6.45, 7) is 1.07. The van der Waals surface area contributed by atoms with E-state index >= 15 is 0 Å². The van der Waals surface area contributed by atoms with Crippen LogP contribution in [0.3, 0.4) is 0 Å². The number of nitrogens with zero attached hydrogens (tertiary/aromatic N) is 1. The molecule has 0 aromatic heterocycles. The first kappa shape index (κ1) is 12.8. The van der Waals surface area contributed by atoms with Gasteiger partial charge < -0.3 is 14.0 Å². The summed E-state index contributed by atoms with van der Waals surface area (Å²) in [5.74, 6) is 1.83. The minimum atomic E-state index is 0.886. The first-order valence-corrected chi connectivity index (χ1v) is 5.47. The molecule has 90 valence electrons. The van der Waals surface area contributed by atoms with Crippen LogP contribution in [0.1, 0.15) is 5.56 Å². The molecule has 16 heavy (non-hydrogen) atoms. The number of methoxy groups -OCH3 is 2. The molecule has 3 heteroatoms. The number of likely N-dealkylation sites (N-methyl/N-ethyl adjacent to an activating group) is 1. The quantitative estimate of drug-likeness (QED) is 0.712. The van der Waals surface area contributed by atoms with Crippen molar-refractivity contribution in [2.45, 2.75) is 6.42 Å². The fourth-order valence-electron chi connectivity index (χ4n) is 1.53. The van der Waals surface area contributed by atoms with Gasteiger partial charge in [-0.15, -0.1) is 0 Å². The number of quaternary nitrogens is 1. The SMILES string of the molecule is COc1ccc(OC)c(CC[N+](C)(C)C)c1. The maximum absolute atomic E-state index is 5.35. The summed E-state index contributed by atoms with van der Waals surface area (Å²) in [6.07, 6.45) is 0.990. The Bertz CT molecular complexity index is 342. The molecule has 1 aromatic carbocycles. The fraction of sp³-hybridized carbons (Fsp3) is 0.538. The van der Waals surface area contributed by atoms with Crippen LogP contribution in [-0.2, 0) is 6.42 Å². The predicted octanol–water partition coefficient (Wildman–Crippen LogP) is 1.95. The number of hydrogen-bond donors (Lipinski definition) is 0. The van der Waals surface area contributed by atoms with Gasteiger partial charge >= 0.3 is 0 Å². The summed E-state index contributed by atoms with van der Waals surface area (Å²) < 4.78 is 11.5. The molecule has 0 bridgehead atoms. The Morgan fingerprint density at radius 1 is 1.06 bits per heavy atom. The highest BCUT2D eigenvalue weighted by atomic mass is 16.5. The maximum atomic E-state index is 5.35. The van der Waals surface area contributed by atoms with Crippen LogP contribution in [0.5, 0.6) is 11.5 Å². The molecule has 0 atom stereocenters. The van der Waals surface area contributed by atoms with Crippen molar-refractivity contribution in [1.82, 2.24) is 0 Å². The minimum Gasteiger partial charge on any atom is -0.497 e. The van der Waals surface area contributed by atoms with Crippen molar-refractivity contribution < 1.29 is 14.0 Å². The van der Waals surface area contributed by atoms with Crippen molar-refractivity contribution in [3.63, 3.8) is 0 Å². The molecule has 1 aromatic rings. The molecular formula is C13H22NO2+. The molecule has 1 rings (SSSR count). The Hall–Kier alpha value is -1.22. The van der Waals surface area contributed by atoms with Crippen molar-refractivity contribution in [2.24, 2.45) is 0 Å². The van der Waals surface area contributed by atoms with Gasteiger partial charge in [0.05, 0.1) is 41.9 Å². The third-order valence-corrected chi connectivity index (χ3v) is 2.54. The second kappa shape index (κ2) is 5.21. The summed E-state index contributed by atoms with van der Waals surface area (Å²) in [4.78, 5) is 0. The average Bonchev–Trinajstić information content (AvgIpc) is 2.25. The molecule has 0 saturated carbocycles. The Morgan fingerprint density at radius 3 is 2.25 bits per heavy atom. The second-order valence-electron chi connectivity index (χ2n) is 4.94. The molecule has 0 amide bonds. The number of ether oxygens (including phenoxy) is 2. The monoisotopic (exact) mass is 224 g/mol. The van der Waals surface area contributed by atoms with E-state index in [-0.39, 0.29) is 0 Å². The molecule has 0 aliphatic heterocycles. The first-order chi connectivity index (χ1) is 7.46. The van der Waals surface area contributed by atoms with Crippen molar-refractivity contribution in [3.05, 3.63) is 23.8 Å². The summed E-state index contributed by atoms with van der Waals surface area (Å²) in [7, 11) is 9.95. The van der Waals surface area contributed by atoms with Crippen LogP contribution in [-0.4, -0.2) is 46.4 Å². The van der Waals surface area contributed by atoms with E-state index < -0.39 is 0 Å². The largest absolute Gasteiger partial charge is 0.497 e. The molecule has 0 saturated heterocycles. The fourth-order valence-corrected chi connectivity index (χ4v) is 1.53. The smallest absolute Gasteiger partial charge is 0.122 e. The van der Waals surface area contributed by atoms with Gasteiger partial charge in [-0.1, -0.05) is 0 Å². The van der Waals surface area contributed by atoms with Crippen LogP contribution >= 0.6 is 0 Å². The molecule has 0 spiro atoms. The zero-order valence-corrected chi connectivity index (χ0v) is 10.9. The highest BCUT2D eigenvalue weighted by Gasteiger charge is 2.11. The molecular weight excluding hydrogens is 202 g/mol. The molecule has 0 aliphatic rings. The highest BCUT2D eigenvalue weighted by molar-refractivity contribution is 5.40. The van der Waals surface area contributed by atoms with E-state index in [1.165, 1.54) is 5.56 Å². The average molecular weight is 224 g/mol. The predicted molar refractivity (Wildman–Crippen MR) is 66.1 cm³/mol. The van der Waals surface area contributed by atoms with Crippen molar-refractivity contribution in [1.29, 1.82) is 0 Å². The molecule has 0 radical (unpaired) electrons. The van der Waals surface area contributed by atoms with Gasteiger partial charge in [0.2, 0.25) is 0 Å². The number of hydrogen-bond acceptors (Lipinski definition) is 2. The van der Waals surface area contributed by atoms with E-state index in [0.29, 0.717) is 0 Å². The van der Waals surface area contributed by atoms with E-state index in [9.17, 15) is 0 Å². The standard InChI is InChI=1S/C13H22NO2/c1-14(2,3)9-8-11-10-12(15-4)6-7-13(11)16-5/h6-7,10H,8-9H2,1-5H3/q+1. The zero-order chi connectivity index (χ0) is 12.2. The Kier molecular flexibility index (Phi) is 4.19. The van der Waals surface area contributed by atoms with Crippen molar-refractivity contribution >= 4 is 0 Å². The van der Waals surface area contributed by atoms with E-state index in [4.69, 9.17) is 9.47 Å². The Labute approximate surface area is 98.2 Å². The van der Waals surface area contributed by atoms with Gasteiger partial charge in [-0.3, -0.25) is 0 Å². The van der Waals surface area contributed by atoms with E-state index in [2.05, 4.69) is 27.2 Å². The van der Waals surface area contributed by atoms with E-state index in [1.807, 2.05) is 12.1 Å². The van der Waals surface area contributed by atoms with Crippen molar-refractivity contribution in [2.75, 3.05) is 41.9 Å². The molecule has 0 fully saturated rings. The third kappa shape index (κ3) is 3.74. The Balaban J connectivity index is 2.83. The van der Waals surface area contributed by atoms with Crippen LogP contribution in [0, 0.1) is 0 Å². The number of benzene rings is 1. The minimum absolute atomic E-state index is 0.886. The van der Waals surface area contributed by atoms with Gasteiger partial charge in [0.15, 0.2) is 0 Å². The summed E-state index contributed by atoms with van der Waals surface area (Å²) in [5.41, 5.74) is 1.20. The lowest BCUT2D eigenvalue weighted by atomic mass is 10.1. The van der Waals surface area contributed by atoms with Crippen LogP contribution in [0.25, 0.3) is 0 Å². The molecule has 0 heterocycles. The van der Waals surface area contributed by atoms with Gasteiger partial charge in [-0.2, -0.15) is 0 Å². The lowest BCUT2D eigenvalue weighted by Crippen LogP contribution is -2.36. The van der Waals surface area contributed by atoms with Crippen molar-refractivity contribution in [3.8, 4) is 11.5 Å². The van der Waals surface area contributed by atoms with Gasteiger partial charge in [0.25, 0.3) is 0 Å². The topological polar surface area (TPSA) is 18.5 Å². The van der Waals surface area contributed by atoms with Crippen LogP contribution < -0.4 is 9.47 Å². The lowest BCUT2D eigenvalue weighted by molar-refractivity contribution is -0.870. The highest BCUT2D eigenvalue weighted by Crippen LogP contribution is 2.24. The van der Waals surface area contributed by atoms with Gasteiger partial charge in [0.1, 0.15) is 11.5 Å². The summed E-state index contributed by atoms with van der Waals surface area (Å²) in [5, 5.41) is 0. The molecule has 0 aliphatic carbocycles. The van der Waals surface area contributed by atoms with Crippen LogP contribution in [0.4, 0.5) is 0 Å². The summed E-state index contributed by atoms with van der Waals surface area (Å²) >= 11 is 0. The van der Waals surface area contributed by atoms with E-state index in [0.717, 1.165) is 28.9 Å². The van der Waals surface area contributed by atoms with Gasteiger partial charge in [-0.25, -0.2) is 0 Å². The Morgan fingerprint density at radius 2 is 1.75 bits per heavy atom. The van der Waals surface area contributed by atoms with Gasteiger partial charge in [-0.05, 0) is 18.2 Å². The third-order valence-electron chi connectivity index (χ3n) is 2.54. The van der Waals surface area contributed by atoms with Gasteiger partial charge in [0, 0.05) is 12.0 Å².